The highest BCUT2D eigenvalue weighted by Crippen LogP contribution is 1.53. The van der Waals surface area contributed by atoms with Crippen LogP contribution in [0.15, 0.2) is 11.6 Å². The van der Waals surface area contributed by atoms with Gasteiger partial charge in [0.05, 0.1) is 0 Å². The fourth-order valence-corrected chi connectivity index (χ4v) is 0.112. The van der Waals surface area contributed by atoms with Crippen LogP contribution in [0.25, 0.3) is 0 Å². The number of aldehydes is 1. The summed E-state index contributed by atoms with van der Waals surface area (Å²) in [5, 5.41) is 0. The molecular formula is C7H13NO. The first-order valence-corrected chi connectivity index (χ1v) is 2.87. The summed E-state index contributed by atoms with van der Waals surface area (Å²) in [7, 11) is 0. The second kappa shape index (κ2) is 15.7. The molecule has 0 unspecified atom stereocenters. The van der Waals surface area contributed by atoms with E-state index in [9.17, 15) is 4.79 Å². The van der Waals surface area contributed by atoms with Crippen LogP contribution in [0.5, 0.6) is 0 Å². The molecule has 9 heavy (non-hydrogen) atoms. The first-order chi connectivity index (χ1) is 4.68. The van der Waals surface area contributed by atoms with Crippen LogP contribution in [0, 0.1) is 0 Å². The lowest BCUT2D eigenvalue weighted by atomic mass is 10.6. The van der Waals surface area contributed by atoms with Gasteiger partial charge in [0.15, 0.2) is 0 Å². The molecule has 0 bridgehead atoms. The summed E-state index contributed by atoms with van der Waals surface area (Å²) in [5.74, 6) is 2.39. The zero-order chi connectivity index (χ0) is 8.41. The Kier molecular flexibility index (Phi) is 14.2. The lowest BCUT2D eigenvalue weighted by Gasteiger charge is -1.61. The van der Waals surface area contributed by atoms with Crippen LogP contribution < -0.4 is 0 Å². The Labute approximate surface area is 57.7 Å². The molecule has 0 saturated carbocycles. The number of rotatable bonds is 2. The van der Waals surface area contributed by atoms with E-state index in [1.54, 1.807) is 6.92 Å². The standard InChI is InChI=1S/C4H7N.C3H6O/c1-3-5-4-2;1-2-3-4/h1,4H2,2H3;3H,2H2,1H3/i;3T. The molecule has 2 heteroatoms. The quantitative estimate of drug-likeness (QED) is 0.410. The molecular weight excluding hydrogens is 114 g/mol. The Bertz CT molecular complexity index is 126. The zero-order valence-corrected chi connectivity index (χ0v) is 5.98. The molecule has 0 rings (SSSR count). The molecule has 0 aromatic heterocycles. The zero-order valence-electron chi connectivity index (χ0n) is 6.98. The van der Waals surface area contributed by atoms with Crippen molar-refractivity contribution in [2.45, 2.75) is 20.3 Å². The molecule has 0 aromatic rings. The number of aliphatic imine (C=N–C) groups is 1. The number of carbonyl (C=O) groups excluding carboxylic acids is 1. The lowest BCUT2D eigenvalue weighted by Crippen LogP contribution is -1.58. The summed E-state index contributed by atoms with van der Waals surface area (Å²) in [5.41, 5.74) is 0. The van der Waals surface area contributed by atoms with E-state index in [1.807, 2.05) is 6.92 Å². The summed E-state index contributed by atoms with van der Waals surface area (Å²) >= 11 is 0. The van der Waals surface area contributed by atoms with Crippen LogP contribution in [0.4, 0.5) is 0 Å². The van der Waals surface area contributed by atoms with Crippen LogP contribution in [-0.2, 0) is 4.79 Å². The van der Waals surface area contributed by atoms with Gasteiger partial charge in [-0.3, -0.25) is 0 Å². The van der Waals surface area contributed by atoms with Gasteiger partial charge in [-0.05, 0) is 19.4 Å². The van der Waals surface area contributed by atoms with Crippen molar-refractivity contribution in [3.8, 4) is 0 Å². The Hall–Kier alpha value is -0.880. The van der Waals surface area contributed by atoms with E-state index < -0.39 is 6.26 Å². The Balaban J connectivity index is 0. The second-order valence-electron chi connectivity index (χ2n) is 1.13. The minimum absolute atomic E-state index is 0.333. The molecule has 0 saturated heterocycles. The number of carbonyl (C=O) groups is 1. The molecule has 0 radical (unpaired) electrons. The van der Waals surface area contributed by atoms with Gasteiger partial charge < -0.3 is 4.79 Å². The van der Waals surface area contributed by atoms with Gasteiger partial charge >= 0.3 is 0 Å². The fourth-order valence-electron chi connectivity index (χ4n) is 0.112. The summed E-state index contributed by atoms with van der Waals surface area (Å²) < 4.78 is 6.19. The van der Waals surface area contributed by atoms with E-state index in [0.29, 0.717) is 6.42 Å². The van der Waals surface area contributed by atoms with Gasteiger partial charge in [0.25, 0.3) is 0 Å². The van der Waals surface area contributed by atoms with Crippen molar-refractivity contribution >= 4 is 12.1 Å². The Morgan fingerprint density at radius 3 is 2.33 bits per heavy atom. The molecule has 0 spiro atoms. The minimum Gasteiger partial charge on any atom is -0.303 e. The third-order valence-corrected chi connectivity index (χ3v) is 0.414. The maximum Gasteiger partial charge on any atom is 0.119 e. The van der Waals surface area contributed by atoms with Crippen molar-refractivity contribution in [1.29, 1.82) is 0 Å². The topological polar surface area (TPSA) is 29.4 Å². The molecule has 52 valence electrons. The molecule has 0 amide bonds. The van der Waals surface area contributed by atoms with Crippen LogP contribution in [-0.4, -0.2) is 18.7 Å². The van der Waals surface area contributed by atoms with E-state index in [-0.39, 0.29) is 0 Å². The molecule has 0 fully saturated rings. The monoisotopic (exact) mass is 129 g/mol. The predicted molar refractivity (Wildman–Crippen MR) is 40.0 cm³/mol. The summed E-state index contributed by atoms with van der Waals surface area (Å²) in [6, 6.07) is 0. The predicted octanol–water partition coefficient (Wildman–Crippen LogP) is 1.46. The van der Waals surface area contributed by atoms with Gasteiger partial charge in [-0.1, -0.05) is 6.92 Å². The van der Waals surface area contributed by atoms with Crippen molar-refractivity contribution in [3.05, 3.63) is 6.58 Å². The van der Waals surface area contributed by atoms with Gasteiger partial charge in [0, 0.05) is 13.0 Å². The van der Waals surface area contributed by atoms with Crippen molar-refractivity contribution in [1.82, 2.24) is 0 Å². The molecule has 0 aliphatic heterocycles. The molecule has 0 N–H and O–H groups in total. The summed E-state index contributed by atoms with van der Waals surface area (Å²) in [6.45, 7) is 7.66. The maximum atomic E-state index is 9.48. The van der Waals surface area contributed by atoms with E-state index in [2.05, 4.69) is 17.4 Å². The van der Waals surface area contributed by atoms with Crippen molar-refractivity contribution in [2.24, 2.45) is 4.99 Å². The number of hydrogen-bond donors (Lipinski definition) is 0. The van der Waals surface area contributed by atoms with Gasteiger partial charge in [-0.2, -0.15) is 0 Å². The maximum absolute atomic E-state index is 9.48. The van der Waals surface area contributed by atoms with Gasteiger partial charge in [-0.25, -0.2) is 4.99 Å². The minimum atomic E-state index is -0.495. The highest BCUT2D eigenvalue weighted by Gasteiger charge is 1.52. The molecule has 0 heterocycles. The smallest absolute Gasteiger partial charge is 0.119 e. The molecule has 0 atom stereocenters. The normalized spacial score (nSPS) is 7.56. The Morgan fingerprint density at radius 2 is 2.33 bits per heavy atom. The SMILES string of the molecule is C=C=NCC.[3H]C(=O)CC. The highest BCUT2D eigenvalue weighted by molar-refractivity contribution is 5.48. The average molecular weight is 129 g/mol. The fraction of sp³-hybridized carbons (Fsp3) is 0.571. The van der Waals surface area contributed by atoms with Crippen molar-refractivity contribution < 1.29 is 6.17 Å². The molecule has 0 aliphatic rings. The number of nitrogens with zero attached hydrogens (tertiary/aromatic N) is 1. The first kappa shape index (κ1) is 8.12. The van der Waals surface area contributed by atoms with E-state index in [1.165, 1.54) is 0 Å². The van der Waals surface area contributed by atoms with E-state index in [4.69, 9.17) is 1.37 Å². The molecule has 0 aliphatic carbocycles. The highest BCUT2D eigenvalue weighted by atomic mass is 16.1. The third kappa shape index (κ3) is 41.5. The van der Waals surface area contributed by atoms with Crippen molar-refractivity contribution in [2.75, 3.05) is 6.54 Å². The lowest BCUT2D eigenvalue weighted by molar-refractivity contribution is -0.107. The van der Waals surface area contributed by atoms with Crippen LogP contribution >= 0.6 is 0 Å². The number of hydrogen-bond acceptors (Lipinski definition) is 2. The van der Waals surface area contributed by atoms with Crippen LogP contribution in [0.3, 0.4) is 0 Å². The third-order valence-electron chi connectivity index (χ3n) is 0.414. The van der Waals surface area contributed by atoms with Crippen LogP contribution in [0.1, 0.15) is 21.6 Å². The van der Waals surface area contributed by atoms with Gasteiger partial charge in [0.1, 0.15) is 7.63 Å². The molecule has 2 nitrogen and oxygen atoms in total. The van der Waals surface area contributed by atoms with Gasteiger partial charge in [-0.15, -0.1) is 0 Å². The molecule has 0 aromatic carbocycles. The van der Waals surface area contributed by atoms with E-state index in [0.717, 1.165) is 6.54 Å². The summed E-state index contributed by atoms with van der Waals surface area (Å²) in [4.78, 5) is 13.1. The van der Waals surface area contributed by atoms with Crippen molar-refractivity contribution in [3.63, 3.8) is 0 Å². The van der Waals surface area contributed by atoms with E-state index >= 15 is 0 Å². The second-order valence-corrected chi connectivity index (χ2v) is 1.13. The largest absolute Gasteiger partial charge is 0.303 e. The Morgan fingerprint density at radius 1 is 1.89 bits per heavy atom. The van der Waals surface area contributed by atoms with Gasteiger partial charge in [0.2, 0.25) is 0 Å². The van der Waals surface area contributed by atoms with Crippen LogP contribution in [0.2, 0.25) is 0 Å². The average Bonchev–Trinajstić information content (AvgIpc) is 1.91. The summed E-state index contributed by atoms with van der Waals surface area (Å²) in [6.07, 6.45) is -0.162. The first-order valence-electron chi connectivity index (χ1n) is 3.37.